The topological polar surface area (TPSA) is 53.1 Å². The molecule has 4 heteroatoms. The maximum atomic E-state index is 11.0. The lowest BCUT2D eigenvalue weighted by molar-refractivity contribution is -0.918. The first kappa shape index (κ1) is 9.52. The summed E-state index contributed by atoms with van der Waals surface area (Å²) in [6.45, 7) is 5.40. The van der Waals surface area contributed by atoms with Gasteiger partial charge in [-0.25, -0.2) is 4.79 Å². The molecule has 0 spiro atoms. The van der Waals surface area contributed by atoms with Crippen molar-refractivity contribution in [1.29, 1.82) is 0 Å². The minimum atomic E-state index is -0.0751. The van der Waals surface area contributed by atoms with E-state index in [1.54, 1.807) is 4.90 Å². The van der Waals surface area contributed by atoms with E-state index in [-0.39, 0.29) is 5.69 Å². The quantitative estimate of drug-likeness (QED) is 0.591. The maximum Gasteiger partial charge on any atom is 0.323 e. The molecule has 0 aliphatic carbocycles. The van der Waals surface area contributed by atoms with Crippen molar-refractivity contribution in [1.82, 2.24) is 9.97 Å². The maximum absolute atomic E-state index is 11.0. The summed E-state index contributed by atoms with van der Waals surface area (Å²) in [6, 6.07) is 0. The predicted molar refractivity (Wildman–Crippen MR) is 54.4 cm³/mol. The van der Waals surface area contributed by atoms with E-state index >= 15 is 0 Å². The second-order valence-electron chi connectivity index (χ2n) is 4.17. The normalized spacial score (nSPS) is 18.6. The number of aromatic nitrogens is 2. The summed E-state index contributed by atoms with van der Waals surface area (Å²) in [6.07, 6.45) is 4.01. The number of quaternary nitrogens is 1. The van der Waals surface area contributed by atoms with E-state index in [1.807, 2.05) is 6.92 Å². The van der Waals surface area contributed by atoms with E-state index in [2.05, 4.69) is 9.97 Å². The Hall–Kier alpha value is -1.03. The fourth-order valence-corrected chi connectivity index (χ4v) is 2.16. The fourth-order valence-electron chi connectivity index (χ4n) is 2.16. The van der Waals surface area contributed by atoms with Gasteiger partial charge in [0, 0.05) is 5.69 Å². The Morgan fingerprint density at radius 2 is 1.93 bits per heavy atom. The molecule has 4 nitrogen and oxygen atoms in total. The van der Waals surface area contributed by atoms with Crippen LogP contribution in [0.2, 0.25) is 0 Å². The van der Waals surface area contributed by atoms with Crippen LogP contribution >= 0.6 is 0 Å². The van der Waals surface area contributed by atoms with Gasteiger partial charge in [-0.05, 0) is 26.2 Å². The number of hydrogen-bond donors (Lipinski definition) is 3. The van der Waals surface area contributed by atoms with Crippen LogP contribution in [0.3, 0.4) is 0 Å². The van der Waals surface area contributed by atoms with Gasteiger partial charge in [0.25, 0.3) is 0 Å². The molecule has 2 rings (SSSR count). The molecule has 1 aliphatic heterocycles. The fraction of sp³-hybridized carbons (Fsp3) is 0.700. The van der Waals surface area contributed by atoms with E-state index in [9.17, 15) is 4.79 Å². The summed E-state index contributed by atoms with van der Waals surface area (Å²) in [4.78, 5) is 18.3. The Kier molecular flexibility index (Phi) is 2.72. The van der Waals surface area contributed by atoms with Gasteiger partial charge >= 0.3 is 5.69 Å². The van der Waals surface area contributed by atoms with Gasteiger partial charge in [-0.2, -0.15) is 0 Å². The van der Waals surface area contributed by atoms with Gasteiger partial charge in [0.2, 0.25) is 0 Å². The van der Waals surface area contributed by atoms with Crippen LogP contribution in [0.25, 0.3) is 0 Å². The Labute approximate surface area is 83.3 Å². The standard InChI is InChI=1S/C10H17N3O/c1-8-9(12-10(14)11-8)7-13-5-3-2-4-6-13/h2-7H2,1H3,(H2,11,12,14)/p+1. The number of aromatic amines is 2. The molecule has 14 heavy (non-hydrogen) atoms. The summed E-state index contributed by atoms with van der Waals surface area (Å²) in [7, 11) is 0. The highest BCUT2D eigenvalue weighted by atomic mass is 16.1. The Morgan fingerprint density at radius 1 is 1.21 bits per heavy atom. The molecule has 1 aliphatic rings. The molecular formula is C10H18N3O+. The molecule has 0 unspecified atom stereocenters. The van der Waals surface area contributed by atoms with Gasteiger partial charge in [0.05, 0.1) is 18.8 Å². The van der Waals surface area contributed by atoms with E-state index < -0.39 is 0 Å². The Morgan fingerprint density at radius 3 is 2.50 bits per heavy atom. The Bertz CT molecular complexity index is 346. The van der Waals surface area contributed by atoms with Gasteiger partial charge in [0.15, 0.2) is 0 Å². The summed E-state index contributed by atoms with van der Waals surface area (Å²) in [5, 5.41) is 0. The van der Waals surface area contributed by atoms with Crippen molar-refractivity contribution in [3.8, 4) is 0 Å². The number of hydrogen-bond acceptors (Lipinski definition) is 1. The molecule has 0 aromatic carbocycles. The van der Waals surface area contributed by atoms with Crippen LogP contribution < -0.4 is 10.6 Å². The molecule has 0 atom stereocenters. The molecule has 0 bridgehead atoms. The average molecular weight is 196 g/mol. The predicted octanol–water partition coefficient (Wildman–Crippen LogP) is -0.420. The van der Waals surface area contributed by atoms with E-state index in [1.165, 1.54) is 32.4 Å². The summed E-state index contributed by atoms with van der Waals surface area (Å²) >= 11 is 0. The zero-order chi connectivity index (χ0) is 9.97. The minimum Gasteiger partial charge on any atom is -0.330 e. The molecule has 0 saturated carbocycles. The molecule has 2 heterocycles. The van der Waals surface area contributed by atoms with Crippen LogP contribution in [0.1, 0.15) is 30.7 Å². The third kappa shape index (κ3) is 2.07. The first-order valence-corrected chi connectivity index (χ1v) is 5.37. The number of imidazole rings is 1. The van der Waals surface area contributed by atoms with Crippen molar-refractivity contribution in [3.63, 3.8) is 0 Å². The number of piperidine rings is 1. The second kappa shape index (κ2) is 4.00. The van der Waals surface area contributed by atoms with Crippen molar-refractivity contribution in [2.75, 3.05) is 13.1 Å². The van der Waals surface area contributed by atoms with Crippen molar-refractivity contribution in [3.05, 3.63) is 21.9 Å². The SMILES string of the molecule is Cc1[nH]c(=O)[nH]c1C[NH+]1CCCCC1. The lowest BCUT2D eigenvalue weighted by Gasteiger charge is -2.22. The van der Waals surface area contributed by atoms with Crippen molar-refractivity contribution < 1.29 is 4.90 Å². The molecule has 0 radical (unpaired) electrons. The molecule has 1 saturated heterocycles. The molecular weight excluding hydrogens is 178 g/mol. The third-order valence-electron chi connectivity index (χ3n) is 3.01. The molecule has 1 aromatic rings. The van der Waals surface area contributed by atoms with Gasteiger partial charge < -0.3 is 14.9 Å². The zero-order valence-electron chi connectivity index (χ0n) is 8.65. The van der Waals surface area contributed by atoms with Gasteiger partial charge in [0.1, 0.15) is 6.54 Å². The lowest BCUT2D eigenvalue weighted by Crippen LogP contribution is -3.11. The molecule has 78 valence electrons. The minimum absolute atomic E-state index is 0.0751. The Balaban J connectivity index is 2.02. The first-order valence-electron chi connectivity index (χ1n) is 5.37. The average Bonchev–Trinajstić information content (AvgIpc) is 2.47. The van der Waals surface area contributed by atoms with Gasteiger partial charge in [-0.3, -0.25) is 0 Å². The first-order chi connectivity index (χ1) is 6.75. The van der Waals surface area contributed by atoms with Crippen LogP contribution in [0.15, 0.2) is 4.79 Å². The molecule has 3 N–H and O–H groups in total. The van der Waals surface area contributed by atoms with Gasteiger partial charge in [-0.1, -0.05) is 0 Å². The molecule has 1 aromatic heterocycles. The third-order valence-corrected chi connectivity index (χ3v) is 3.01. The van der Waals surface area contributed by atoms with E-state index in [0.29, 0.717) is 0 Å². The number of rotatable bonds is 2. The number of nitrogens with one attached hydrogen (secondary N) is 3. The number of likely N-dealkylation sites (tertiary alicyclic amines) is 1. The van der Waals surface area contributed by atoms with Crippen LogP contribution in [-0.2, 0) is 6.54 Å². The zero-order valence-corrected chi connectivity index (χ0v) is 8.65. The van der Waals surface area contributed by atoms with Crippen LogP contribution in [0.5, 0.6) is 0 Å². The van der Waals surface area contributed by atoms with Crippen LogP contribution in [0, 0.1) is 6.92 Å². The van der Waals surface area contributed by atoms with E-state index in [4.69, 9.17) is 0 Å². The van der Waals surface area contributed by atoms with Gasteiger partial charge in [-0.15, -0.1) is 0 Å². The van der Waals surface area contributed by atoms with Crippen molar-refractivity contribution in [2.24, 2.45) is 0 Å². The second-order valence-corrected chi connectivity index (χ2v) is 4.17. The lowest BCUT2D eigenvalue weighted by atomic mass is 10.1. The smallest absolute Gasteiger partial charge is 0.323 e. The van der Waals surface area contributed by atoms with Crippen molar-refractivity contribution in [2.45, 2.75) is 32.7 Å². The highest BCUT2D eigenvalue weighted by molar-refractivity contribution is 5.06. The van der Waals surface area contributed by atoms with E-state index in [0.717, 1.165) is 17.9 Å². The van der Waals surface area contributed by atoms with Crippen LogP contribution in [-0.4, -0.2) is 23.1 Å². The monoisotopic (exact) mass is 196 g/mol. The molecule has 0 amide bonds. The summed E-state index contributed by atoms with van der Waals surface area (Å²) < 4.78 is 0. The summed E-state index contributed by atoms with van der Waals surface area (Å²) in [5.41, 5.74) is 1.99. The van der Waals surface area contributed by atoms with Crippen molar-refractivity contribution >= 4 is 0 Å². The highest BCUT2D eigenvalue weighted by Gasteiger charge is 2.15. The van der Waals surface area contributed by atoms with Crippen LogP contribution in [0.4, 0.5) is 0 Å². The molecule has 1 fully saturated rings. The number of aryl methyl sites for hydroxylation is 1. The number of H-pyrrole nitrogens is 2. The highest BCUT2D eigenvalue weighted by Crippen LogP contribution is 1.98. The summed E-state index contributed by atoms with van der Waals surface area (Å²) in [5.74, 6) is 0. The largest absolute Gasteiger partial charge is 0.330 e.